The fourth-order valence-electron chi connectivity index (χ4n) is 1.77. The van der Waals surface area contributed by atoms with Crippen LogP contribution < -0.4 is 16.4 Å². The third-order valence-electron chi connectivity index (χ3n) is 2.72. The van der Waals surface area contributed by atoms with Gasteiger partial charge in [0.05, 0.1) is 6.04 Å². The number of carbonyl (C=O) groups excluding carboxylic acids is 2. The third kappa shape index (κ3) is 4.59. The maximum atomic E-state index is 11.3. The van der Waals surface area contributed by atoms with Gasteiger partial charge in [-0.2, -0.15) is 0 Å². The van der Waals surface area contributed by atoms with Crippen molar-refractivity contribution in [3.63, 3.8) is 0 Å². The minimum absolute atomic E-state index is 0.381. The summed E-state index contributed by atoms with van der Waals surface area (Å²) < 4.78 is 0. The highest BCUT2D eigenvalue weighted by molar-refractivity contribution is 5.96. The summed E-state index contributed by atoms with van der Waals surface area (Å²) >= 11 is 0. The van der Waals surface area contributed by atoms with E-state index in [9.17, 15) is 9.59 Å². The number of amides is 3. The molecule has 1 aliphatic rings. The molecule has 0 aliphatic carbocycles. The molecule has 3 amide bonds. The third-order valence-corrected chi connectivity index (χ3v) is 2.72. The number of likely N-dealkylation sites (tertiary alicyclic amines) is 1. The van der Waals surface area contributed by atoms with E-state index >= 15 is 0 Å². The van der Waals surface area contributed by atoms with Crippen molar-refractivity contribution in [2.75, 3.05) is 26.2 Å². The monoisotopic (exact) mass is 228 g/mol. The van der Waals surface area contributed by atoms with Gasteiger partial charge in [-0.05, 0) is 32.9 Å². The second-order valence-corrected chi connectivity index (χ2v) is 4.08. The predicted octanol–water partition coefficient (Wildman–Crippen LogP) is -0.745. The summed E-state index contributed by atoms with van der Waals surface area (Å²) in [5, 5.41) is 5.10. The highest BCUT2D eigenvalue weighted by atomic mass is 16.2. The van der Waals surface area contributed by atoms with Crippen molar-refractivity contribution in [3.05, 3.63) is 0 Å². The molecule has 0 aromatic heterocycles. The maximum Gasteiger partial charge on any atom is 0.318 e. The number of hydrogen-bond acceptors (Lipinski definition) is 4. The normalized spacial score (nSPS) is 18.3. The van der Waals surface area contributed by atoms with Gasteiger partial charge in [0.25, 0.3) is 0 Å². The number of hydrogen-bond donors (Lipinski definition) is 3. The van der Waals surface area contributed by atoms with E-state index in [1.165, 1.54) is 12.8 Å². The molecule has 6 heteroatoms. The summed E-state index contributed by atoms with van der Waals surface area (Å²) in [6.07, 6.45) is 2.52. The molecule has 1 saturated heterocycles. The Morgan fingerprint density at radius 3 is 2.56 bits per heavy atom. The van der Waals surface area contributed by atoms with Gasteiger partial charge in [0.1, 0.15) is 0 Å². The van der Waals surface area contributed by atoms with Crippen molar-refractivity contribution in [2.24, 2.45) is 5.73 Å². The summed E-state index contributed by atoms with van der Waals surface area (Å²) in [6.45, 7) is 5.68. The number of urea groups is 1. The van der Waals surface area contributed by atoms with Crippen LogP contribution in [0.1, 0.15) is 19.8 Å². The highest BCUT2D eigenvalue weighted by Crippen LogP contribution is 2.05. The van der Waals surface area contributed by atoms with Gasteiger partial charge in [-0.1, -0.05) is 0 Å². The van der Waals surface area contributed by atoms with Crippen molar-refractivity contribution in [1.82, 2.24) is 15.5 Å². The molecule has 0 spiro atoms. The van der Waals surface area contributed by atoms with Gasteiger partial charge < -0.3 is 16.0 Å². The van der Waals surface area contributed by atoms with E-state index < -0.39 is 12.1 Å². The second-order valence-electron chi connectivity index (χ2n) is 4.08. The first-order chi connectivity index (χ1) is 7.59. The lowest BCUT2D eigenvalue weighted by Gasteiger charge is -2.17. The summed E-state index contributed by atoms with van der Waals surface area (Å²) in [5.74, 6) is -0.381. The molecule has 0 aromatic rings. The molecule has 6 nitrogen and oxygen atoms in total. The minimum Gasteiger partial charge on any atom is -0.351 e. The zero-order valence-electron chi connectivity index (χ0n) is 9.66. The van der Waals surface area contributed by atoms with Gasteiger partial charge in [-0.25, -0.2) is 4.79 Å². The fourth-order valence-corrected chi connectivity index (χ4v) is 1.77. The molecular weight excluding hydrogens is 208 g/mol. The van der Waals surface area contributed by atoms with Crippen molar-refractivity contribution in [2.45, 2.75) is 25.8 Å². The van der Waals surface area contributed by atoms with Gasteiger partial charge in [0.2, 0.25) is 5.91 Å². The molecular formula is C10H20N4O2. The lowest BCUT2D eigenvalue weighted by atomic mass is 10.3. The summed E-state index contributed by atoms with van der Waals surface area (Å²) in [6, 6.07) is -1.20. The van der Waals surface area contributed by atoms with Crippen LogP contribution in [0.15, 0.2) is 0 Å². The van der Waals surface area contributed by atoms with E-state index in [-0.39, 0.29) is 5.91 Å². The topological polar surface area (TPSA) is 87.5 Å². The summed E-state index contributed by atoms with van der Waals surface area (Å²) in [7, 11) is 0. The molecule has 0 bridgehead atoms. The molecule has 16 heavy (non-hydrogen) atoms. The van der Waals surface area contributed by atoms with E-state index in [2.05, 4.69) is 10.2 Å². The van der Waals surface area contributed by atoms with Crippen LogP contribution in [0, 0.1) is 0 Å². The number of carbonyl (C=O) groups is 2. The smallest absolute Gasteiger partial charge is 0.318 e. The van der Waals surface area contributed by atoms with Crippen molar-refractivity contribution >= 4 is 11.9 Å². The Labute approximate surface area is 95.5 Å². The van der Waals surface area contributed by atoms with Crippen LogP contribution in [0.2, 0.25) is 0 Å². The van der Waals surface area contributed by atoms with E-state index in [1.807, 2.05) is 5.32 Å². The van der Waals surface area contributed by atoms with Crippen LogP contribution in [0.3, 0.4) is 0 Å². The summed E-state index contributed by atoms with van der Waals surface area (Å²) in [4.78, 5) is 24.1. The number of primary amides is 1. The van der Waals surface area contributed by atoms with E-state index in [0.29, 0.717) is 0 Å². The molecule has 92 valence electrons. The van der Waals surface area contributed by atoms with Crippen LogP contribution in [0.25, 0.3) is 0 Å². The van der Waals surface area contributed by atoms with E-state index in [1.54, 1.807) is 6.92 Å². The first-order valence-corrected chi connectivity index (χ1v) is 5.65. The molecule has 0 saturated carbocycles. The quantitative estimate of drug-likeness (QED) is 0.578. The van der Waals surface area contributed by atoms with Gasteiger partial charge in [0, 0.05) is 13.1 Å². The van der Waals surface area contributed by atoms with E-state index in [0.717, 1.165) is 26.2 Å². The first-order valence-electron chi connectivity index (χ1n) is 5.65. The van der Waals surface area contributed by atoms with Gasteiger partial charge in [-0.3, -0.25) is 10.1 Å². The Kier molecular flexibility index (Phi) is 5.21. The maximum absolute atomic E-state index is 11.3. The van der Waals surface area contributed by atoms with Crippen LogP contribution >= 0.6 is 0 Å². The first kappa shape index (κ1) is 12.9. The zero-order valence-corrected chi connectivity index (χ0v) is 9.66. The largest absolute Gasteiger partial charge is 0.351 e. The predicted molar refractivity (Wildman–Crippen MR) is 60.9 cm³/mol. The molecule has 1 atom stereocenters. The van der Waals surface area contributed by atoms with Crippen LogP contribution in [-0.4, -0.2) is 49.1 Å². The number of nitrogens with one attached hydrogen (secondary N) is 2. The zero-order chi connectivity index (χ0) is 12.0. The van der Waals surface area contributed by atoms with Crippen molar-refractivity contribution in [1.29, 1.82) is 0 Å². The fraction of sp³-hybridized carbons (Fsp3) is 0.800. The Bertz CT molecular complexity index is 251. The molecule has 0 radical (unpaired) electrons. The Morgan fingerprint density at radius 2 is 2.00 bits per heavy atom. The Balaban J connectivity index is 2.11. The Hall–Kier alpha value is -1.14. The van der Waals surface area contributed by atoms with Crippen molar-refractivity contribution < 1.29 is 9.59 Å². The lowest BCUT2D eigenvalue weighted by molar-refractivity contribution is -0.121. The highest BCUT2D eigenvalue weighted by Gasteiger charge is 2.15. The number of imide groups is 1. The number of rotatable bonds is 5. The van der Waals surface area contributed by atoms with Gasteiger partial charge in [0.15, 0.2) is 0 Å². The van der Waals surface area contributed by atoms with Crippen LogP contribution in [-0.2, 0) is 4.79 Å². The molecule has 0 aromatic carbocycles. The molecule has 1 heterocycles. The molecule has 1 unspecified atom stereocenters. The average Bonchev–Trinajstić information content (AvgIpc) is 2.69. The average molecular weight is 228 g/mol. The SMILES string of the molecule is CC(NCCN1CCCC1)C(=O)NC(N)=O. The summed E-state index contributed by atoms with van der Waals surface area (Å²) in [5.41, 5.74) is 4.85. The van der Waals surface area contributed by atoms with E-state index in [4.69, 9.17) is 5.73 Å². The molecule has 1 rings (SSSR count). The number of nitrogens with zero attached hydrogens (tertiary/aromatic N) is 1. The standard InChI is InChI=1S/C10H20N4O2/c1-8(9(15)13-10(11)16)12-4-7-14-5-2-3-6-14/h8,12H,2-7H2,1H3,(H3,11,13,15,16). The molecule has 1 aliphatic heterocycles. The number of nitrogens with two attached hydrogens (primary N) is 1. The minimum atomic E-state index is -0.807. The Morgan fingerprint density at radius 1 is 1.38 bits per heavy atom. The molecule has 1 fully saturated rings. The second kappa shape index (κ2) is 6.44. The van der Waals surface area contributed by atoms with Crippen molar-refractivity contribution in [3.8, 4) is 0 Å². The van der Waals surface area contributed by atoms with Crippen LogP contribution in [0.5, 0.6) is 0 Å². The van der Waals surface area contributed by atoms with Crippen LogP contribution in [0.4, 0.5) is 4.79 Å². The van der Waals surface area contributed by atoms with Gasteiger partial charge in [-0.15, -0.1) is 0 Å². The van der Waals surface area contributed by atoms with Gasteiger partial charge >= 0.3 is 6.03 Å². The lowest BCUT2D eigenvalue weighted by Crippen LogP contribution is -2.47. The molecule has 4 N–H and O–H groups in total.